The minimum Gasteiger partial charge on any atom is -0.393 e. The first-order valence-electron chi connectivity index (χ1n) is 45.8. The van der Waals surface area contributed by atoms with Crippen LogP contribution in [0.5, 0.6) is 0 Å². The standard InChI is InChI=1S/C28H40F2O.C26H37FO3.C26H40O4.C24H32F2O2/c1-5-28(31,6-2)17-8-7-11-23-14-15-25-21(10-9-16-27(23,25)4)12-13-22-18-24(29)19-26(30)20(22)3;1-17(7-5-13-25(2,3)30)21-11-12-22-18(8-6-14-26(21,22)4)9-10-19-15-20(28)16-23(27)24(19)29;1-17(7-5-13-25(2,3)30)21-11-12-22-18(8-6-14-26(21,22)4)9-10-19-15-20(27)16-23(28)24(19)29;1-16(6-3-4-13-27)20-10-11-21-17(7-5-12-24(20,21)2)8-9-18-14-19(25)15-22(26)23(18)28/h8,12-14,17,24-26,31H,3,5-7,9-11,15-16,18-19H2,1-2,4H3;5,9-13,17,20-23,28,30H,6-8,14-16H2,1-4H3;9-11,17,20,22-23,27-28,30H,5-8,12-16H2,1-4H3;3-4,8-10,16,19,21-22,27H,5-7,11-15H2,1-2H3/b17-8+,21-12+,22-13-;13-5+,18-9+,19-10-;18-9+,19-10-;4-3+,17-8+,18-9-. The van der Waals surface area contributed by atoms with Gasteiger partial charge in [0, 0.05) is 74.0 Å². The van der Waals surface area contributed by atoms with Crippen LogP contribution in [0.3, 0.4) is 0 Å². The van der Waals surface area contributed by atoms with Crippen LogP contribution in [0.4, 0.5) is 22.0 Å². The van der Waals surface area contributed by atoms with Gasteiger partial charge in [-0.1, -0.05) is 230 Å². The molecule has 12 aliphatic rings. The summed E-state index contributed by atoms with van der Waals surface area (Å²) in [5, 5.41) is 68.9. The van der Waals surface area contributed by atoms with Crippen molar-refractivity contribution in [2.24, 2.45) is 69.0 Å². The van der Waals surface area contributed by atoms with Gasteiger partial charge in [-0.3, -0.25) is 14.4 Å². The van der Waals surface area contributed by atoms with Gasteiger partial charge in [-0.15, -0.1) is 0 Å². The summed E-state index contributed by atoms with van der Waals surface area (Å²) in [6, 6.07) is 0. The lowest BCUT2D eigenvalue weighted by Gasteiger charge is -2.44. The Balaban J connectivity index is 0.000000181. The van der Waals surface area contributed by atoms with Crippen LogP contribution >= 0.6 is 0 Å². The summed E-state index contributed by atoms with van der Waals surface area (Å²) in [5.74, 6) is 2.32. The van der Waals surface area contributed by atoms with E-state index >= 15 is 0 Å². The van der Waals surface area contributed by atoms with Gasteiger partial charge in [-0.25, -0.2) is 22.0 Å². The molecule has 660 valence electrons. The van der Waals surface area contributed by atoms with Crippen LogP contribution in [0.15, 0.2) is 189 Å². The number of ketones is 3. The smallest absolute Gasteiger partial charge is 0.193 e. The largest absolute Gasteiger partial charge is 0.393 e. The van der Waals surface area contributed by atoms with Crippen molar-refractivity contribution in [3.05, 3.63) is 189 Å². The first kappa shape index (κ1) is 97.0. The zero-order valence-electron chi connectivity index (χ0n) is 74.5. The van der Waals surface area contributed by atoms with Gasteiger partial charge >= 0.3 is 0 Å². The van der Waals surface area contributed by atoms with Gasteiger partial charge in [0.15, 0.2) is 29.7 Å². The fourth-order valence-corrected chi connectivity index (χ4v) is 22.8. The minimum absolute atomic E-state index is 0.0305. The molecular weight excluding hydrogens is 1500 g/mol. The minimum atomic E-state index is -1.70. The number of hydrogen-bond acceptors (Lipinski definition) is 10. The summed E-state index contributed by atoms with van der Waals surface area (Å²) in [7, 11) is 0. The molecule has 12 rings (SSSR count). The van der Waals surface area contributed by atoms with Crippen LogP contribution in [0.25, 0.3) is 0 Å². The van der Waals surface area contributed by atoms with Gasteiger partial charge in [-0.05, 0) is 250 Å². The quantitative estimate of drug-likeness (QED) is 0.0294. The Hall–Kier alpha value is -5.78. The number of aliphatic hydroxyl groups is 7. The van der Waals surface area contributed by atoms with E-state index in [0.29, 0.717) is 76.1 Å². The maximum Gasteiger partial charge on any atom is 0.193 e. The Bertz CT molecular complexity index is 4030. The number of aliphatic hydroxyl groups excluding tert-OH is 4. The molecule has 7 N–H and O–H groups in total. The van der Waals surface area contributed by atoms with Crippen LogP contribution in [-0.2, 0) is 14.4 Å². The van der Waals surface area contributed by atoms with E-state index in [0.717, 1.165) is 147 Å². The summed E-state index contributed by atoms with van der Waals surface area (Å²) in [5.41, 5.74) is 11.0. The Morgan fingerprint density at radius 1 is 0.529 bits per heavy atom. The van der Waals surface area contributed by atoms with E-state index < -0.39 is 77.5 Å². The molecule has 0 amide bonds. The Morgan fingerprint density at radius 2 is 1.01 bits per heavy atom. The number of carbonyl (C=O) groups excluding carboxylic acids is 3. The van der Waals surface area contributed by atoms with E-state index in [-0.39, 0.29) is 79.0 Å². The highest BCUT2D eigenvalue weighted by Crippen LogP contribution is 2.61. The van der Waals surface area contributed by atoms with Crippen molar-refractivity contribution < 1.29 is 72.1 Å². The monoisotopic (exact) mass is 1650 g/mol. The Morgan fingerprint density at radius 3 is 1.57 bits per heavy atom. The number of Topliss-reactive ketones (excluding diaryl/α,β-unsaturated/α-hetero) is 3. The zero-order chi connectivity index (χ0) is 87.2. The first-order valence-corrected chi connectivity index (χ1v) is 45.8. The van der Waals surface area contributed by atoms with E-state index in [4.69, 9.17) is 5.11 Å². The van der Waals surface area contributed by atoms with E-state index in [9.17, 15) is 67.0 Å². The predicted molar refractivity (Wildman–Crippen MR) is 473 cm³/mol. The average molecular weight is 1650 g/mol. The highest BCUT2D eigenvalue weighted by molar-refractivity contribution is 6.01. The fraction of sp³-hybridized carbons (Fsp3) is 0.663. The fourth-order valence-electron chi connectivity index (χ4n) is 22.8. The van der Waals surface area contributed by atoms with Crippen LogP contribution < -0.4 is 0 Å². The Labute approximate surface area is 711 Å². The molecule has 0 aromatic carbocycles. The van der Waals surface area contributed by atoms with Crippen molar-refractivity contribution >= 4 is 17.3 Å². The molecule has 0 spiro atoms. The number of allylic oxidation sites excluding steroid dienone is 26. The van der Waals surface area contributed by atoms with Gasteiger partial charge in [0.05, 0.1) is 35.6 Å². The summed E-state index contributed by atoms with van der Waals surface area (Å²) >= 11 is 0. The van der Waals surface area contributed by atoms with Crippen molar-refractivity contribution in [3.8, 4) is 0 Å². The van der Waals surface area contributed by atoms with Gasteiger partial charge < -0.3 is 35.7 Å². The molecule has 0 saturated heterocycles. The molecule has 15 heteroatoms. The molecule has 10 nitrogen and oxygen atoms in total. The van der Waals surface area contributed by atoms with Gasteiger partial charge in [-0.2, -0.15) is 0 Å². The molecule has 0 aromatic heterocycles. The number of rotatable bonds is 23. The molecule has 0 heterocycles. The maximum atomic E-state index is 14.0. The van der Waals surface area contributed by atoms with Crippen LogP contribution in [-0.4, -0.2) is 126 Å². The summed E-state index contributed by atoms with van der Waals surface area (Å²) in [4.78, 5) is 36.4. The highest BCUT2D eigenvalue weighted by atomic mass is 19.2. The van der Waals surface area contributed by atoms with E-state index in [1.165, 1.54) is 46.3 Å². The second-order valence-electron chi connectivity index (χ2n) is 39.9. The third kappa shape index (κ3) is 24.6. The number of fused-ring (bicyclic) bond motifs is 4. The van der Waals surface area contributed by atoms with Crippen LogP contribution in [0, 0.1) is 69.0 Å². The molecule has 20 atom stereocenters. The molecule has 0 bridgehead atoms. The Kier molecular flexibility index (Phi) is 34.5. The zero-order valence-corrected chi connectivity index (χ0v) is 74.5. The predicted octanol–water partition coefficient (Wildman–Crippen LogP) is 23.4. The molecule has 0 aromatic rings. The second kappa shape index (κ2) is 42.3. The van der Waals surface area contributed by atoms with Crippen molar-refractivity contribution in [1.82, 2.24) is 0 Å². The molecule has 20 unspecified atom stereocenters. The molecular formula is C104H149F5O10. The van der Waals surface area contributed by atoms with E-state index in [2.05, 4.69) is 110 Å². The highest BCUT2D eigenvalue weighted by Gasteiger charge is 2.51. The summed E-state index contributed by atoms with van der Waals surface area (Å²) in [6.07, 6.45) is 55.2. The van der Waals surface area contributed by atoms with Gasteiger partial charge in [0.1, 0.15) is 24.6 Å². The molecule has 8 fully saturated rings. The van der Waals surface area contributed by atoms with Crippen molar-refractivity contribution in [2.45, 2.75) is 361 Å². The van der Waals surface area contributed by atoms with E-state index in [1.807, 2.05) is 70.2 Å². The number of hydrogen-bond donors (Lipinski definition) is 7. The SMILES string of the molecule is C=C1/C(=C\C=C2/CCCC3(C)C(CC/C=C/C(O)(CC)CC)=CCC23)CC(F)CC1F.CC(C/C=C/C(C)(C)O)C1C=CC2/C(=C/C=C3/CC(O)CC(F)C3=O)CCCC21C.CC(C/C=C/CO)C1=CCC2/C(=C/C=C3/CC(F)CC(F)C3=O)CCCC12C.CC(CCCC(C)(C)O)C1=CCC2/C(=C/C=C3/CC(O)CC(O)C3=O)CCCC12C. The second-order valence-corrected chi connectivity index (χ2v) is 39.9. The molecule has 8 saturated carbocycles. The molecule has 119 heavy (non-hydrogen) atoms. The lowest BCUT2D eigenvalue weighted by Crippen LogP contribution is -2.36. The van der Waals surface area contributed by atoms with Crippen molar-refractivity contribution in [3.63, 3.8) is 0 Å². The van der Waals surface area contributed by atoms with Crippen LogP contribution in [0.1, 0.15) is 295 Å². The normalized spacial score (nSPS) is 36.7. The topological polar surface area (TPSA) is 193 Å². The molecule has 12 aliphatic carbocycles. The number of carbonyl (C=O) groups is 3. The average Bonchev–Trinajstić information content (AvgIpc) is 1.53. The van der Waals surface area contributed by atoms with E-state index in [1.54, 1.807) is 37.6 Å². The lowest BCUT2D eigenvalue weighted by atomic mass is 9.60. The van der Waals surface area contributed by atoms with Gasteiger partial charge in [0.2, 0.25) is 0 Å². The third-order valence-electron chi connectivity index (χ3n) is 29.9. The summed E-state index contributed by atoms with van der Waals surface area (Å²) < 4.78 is 69.1. The number of alkyl halides is 5. The molecule has 0 aliphatic heterocycles. The van der Waals surface area contributed by atoms with Crippen molar-refractivity contribution in [2.75, 3.05) is 6.61 Å². The van der Waals surface area contributed by atoms with Gasteiger partial charge in [0.25, 0.3) is 0 Å². The maximum absolute atomic E-state index is 14.0. The summed E-state index contributed by atoms with van der Waals surface area (Å²) in [6.45, 7) is 31.7. The number of halogens is 5. The molecule has 0 radical (unpaired) electrons. The first-order chi connectivity index (χ1) is 56.1. The van der Waals surface area contributed by atoms with Crippen molar-refractivity contribution in [1.29, 1.82) is 0 Å². The lowest BCUT2D eigenvalue weighted by molar-refractivity contribution is -0.127. The third-order valence-corrected chi connectivity index (χ3v) is 29.9. The van der Waals surface area contributed by atoms with Crippen LogP contribution in [0.2, 0.25) is 0 Å².